The Labute approximate surface area is 108 Å². The number of nitrogens with two attached hydrogens (primary N) is 1. The molecule has 2 amide bonds. The van der Waals surface area contributed by atoms with E-state index >= 15 is 0 Å². The number of benzene rings is 1. The van der Waals surface area contributed by atoms with Crippen LogP contribution in [0.25, 0.3) is 0 Å². The first kappa shape index (κ1) is 14.2. The molecule has 1 atom stereocenters. The third kappa shape index (κ3) is 4.99. The summed E-state index contributed by atoms with van der Waals surface area (Å²) < 4.78 is 0. The Bertz CT molecular complexity index is 390. The molecule has 0 fully saturated rings. The summed E-state index contributed by atoms with van der Waals surface area (Å²) in [5.41, 5.74) is 6.19. The Kier molecular flexibility index (Phi) is 5.91. The van der Waals surface area contributed by atoms with E-state index in [4.69, 9.17) is 5.73 Å². The highest BCUT2D eigenvalue weighted by Gasteiger charge is 2.17. The zero-order chi connectivity index (χ0) is 13.4. The quantitative estimate of drug-likeness (QED) is 0.765. The number of amides is 2. The highest BCUT2D eigenvalue weighted by atomic mass is 16.2. The smallest absolute Gasteiger partial charge is 0.239 e. The Balaban J connectivity index is 2.48. The van der Waals surface area contributed by atoms with Crippen molar-refractivity contribution in [3.05, 3.63) is 35.9 Å². The monoisotopic (exact) mass is 248 g/mol. The van der Waals surface area contributed by atoms with Crippen molar-refractivity contribution in [3.8, 4) is 0 Å². The third-order valence-corrected chi connectivity index (χ3v) is 2.73. The van der Waals surface area contributed by atoms with Gasteiger partial charge in [-0.3, -0.25) is 9.59 Å². The van der Waals surface area contributed by atoms with Crippen LogP contribution in [0.4, 0.5) is 0 Å². The van der Waals surface area contributed by atoms with E-state index in [1.54, 1.807) is 0 Å². The van der Waals surface area contributed by atoms with Gasteiger partial charge in [-0.05, 0) is 12.0 Å². The van der Waals surface area contributed by atoms with Crippen LogP contribution in [-0.2, 0) is 16.0 Å². The lowest BCUT2D eigenvalue weighted by Crippen LogP contribution is -2.44. The summed E-state index contributed by atoms with van der Waals surface area (Å²) in [6.45, 7) is 2.03. The number of carbonyl (C=O) groups excluding carboxylic acids is 2. The van der Waals surface area contributed by atoms with E-state index in [1.807, 2.05) is 37.3 Å². The lowest BCUT2D eigenvalue weighted by atomic mass is 10.1. The fourth-order valence-electron chi connectivity index (χ4n) is 1.72. The summed E-state index contributed by atoms with van der Waals surface area (Å²) in [6, 6.07) is 8.86. The highest BCUT2D eigenvalue weighted by molar-refractivity contribution is 5.87. The molecule has 0 aromatic heterocycles. The normalized spacial score (nSPS) is 11.8. The molecule has 4 heteroatoms. The van der Waals surface area contributed by atoms with Crippen LogP contribution in [-0.4, -0.2) is 17.9 Å². The van der Waals surface area contributed by atoms with Crippen LogP contribution in [0.3, 0.4) is 0 Å². The zero-order valence-electron chi connectivity index (χ0n) is 10.7. The van der Waals surface area contributed by atoms with Gasteiger partial charge in [-0.25, -0.2) is 0 Å². The van der Waals surface area contributed by atoms with Crippen molar-refractivity contribution in [1.82, 2.24) is 5.32 Å². The average molecular weight is 248 g/mol. The molecule has 0 spiro atoms. The fraction of sp³-hybridized carbons (Fsp3) is 0.429. The molecule has 1 aromatic rings. The van der Waals surface area contributed by atoms with Gasteiger partial charge in [0.25, 0.3) is 0 Å². The first-order chi connectivity index (χ1) is 8.63. The predicted molar refractivity (Wildman–Crippen MR) is 70.8 cm³/mol. The average Bonchev–Trinajstić information content (AvgIpc) is 2.35. The van der Waals surface area contributed by atoms with E-state index in [1.165, 1.54) is 0 Å². The summed E-state index contributed by atoms with van der Waals surface area (Å²) in [4.78, 5) is 23.0. The highest BCUT2D eigenvalue weighted by Crippen LogP contribution is 2.03. The molecule has 0 unspecified atom stereocenters. The van der Waals surface area contributed by atoms with Crippen molar-refractivity contribution in [2.75, 3.05) is 0 Å². The standard InChI is InChI=1S/C14H20N2O2/c1-2-3-9-12(14(15)18)16-13(17)10-11-7-5-4-6-8-11/h4-8,12H,2-3,9-10H2,1H3,(H2,15,18)(H,16,17)/t12-/m1/s1. The van der Waals surface area contributed by atoms with E-state index in [9.17, 15) is 9.59 Å². The van der Waals surface area contributed by atoms with E-state index in [-0.39, 0.29) is 12.3 Å². The van der Waals surface area contributed by atoms with Crippen molar-refractivity contribution in [3.63, 3.8) is 0 Å². The van der Waals surface area contributed by atoms with Crippen molar-refractivity contribution in [2.45, 2.75) is 38.6 Å². The topological polar surface area (TPSA) is 72.2 Å². The maximum Gasteiger partial charge on any atom is 0.239 e. The maximum atomic E-state index is 11.8. The number of carbonyl (C=O) groups is 2. The van der Waals surface area contributed by atoms with Crippen LogP contribution in [0, 0.1) is 0 Å². The van der Waals surface area contributed by atoms with Crippen molar-refractivity contribution < 1.29 is 9.59 Å². The van der Waals surface area contributed by atoms with Crippen LogP contribution in [0.2, 0.25) is 0 Å². The molecule has 4 nitrogen and oxygen atoms in total. The SMILES string of the molecule is CCCC[C@@H](NC(=O)Cc1ccccc1)C(N)=O. The molecule has 0 heterocycles. The molecule has 18 heavy (non-hydrogen) atoms. The van der Waals surface area contributed by atoms with Gasteiger partial charge in [0.1, 0.15) is 6.04 Å². The lowest BCUT2D eigenvalue weighted by Gasteiger charge is -2.15. The minimum absolute atomic E-state index is 0.166. The van der Waals surface area contributed by atoms with E-state index in [0.29, 0.717) is 6.42 Å². The summed E-state index contributed by atoms with van der Waals surface area (Å²) in [6.07, 6.45) is 2.72. The molecule has 0 saturated carbocycles. The Morgan fingerprint density at radius 2 is 1.94 bits per heavy atom. The molecule has 0 aliphatic carbocycles. The predicted octanol–water partition coefficient (Wildman–Crippen LogP) is 1.39. The number of nitrogens with one attached hydrogen (secondary N) is 1. The minimum Gasteiger partial charge on any atom is -0.368 e. The van der Waals surface area contributed by atoms with Gasteiger partial charge in [-0.2, -0.15) is 0 Å². The molecular formula is C14H20N2O2. The van der Waals surface area contributed by atoms with E-state index in [2.05, 4.69) is 5.32 Å². The first-order valence-electron chi connectivity index (χ1n) is 6.26. The van der Waals surface area contributed by atoms with Crippen molar-refractivity contribution in [1.29, 1.82) is 0 Å². The largest absolute Gasteiger partial charge is 0.368 e. The number of unbranched alkanes of at least 4 members (excludes halogenated alkanes) is 1. The number of rotatable bonds is 7. The number of hydrogen-bond acceptors (Lipinski definition) is 2. The van der Waals surface area contributed by atoms with Gasteiger partial charge in [-0.15, -0.1) is 0 Å². The number of primary amides is 1. The lowest BCUT2D eigenvalue weighted by molar-refractivity contribution is -0.127. The molecule has 1 aromatic carbocycles. The molecule has 0 saturated heterocycles. The van der Waals surface area contributed by atoms with Gasteiger partial charge in [0, 0.05) is 0 Å². The second-order valence-corrected chi connectivity index (χ2v) is 4.33. The summed E-state index contributed by atoms with van der Waals surface area (Å²) in [5, 5.41) is 2.69. The van der Waals surface area contributed by atoms with E-state index in [0.717, 1.165) is 18.4 Å². The second kappa shape index (κ2) is 7.48. The van der Waals surface area contributed by atoms with Crippen LogP contribution >= 0.6 is 0 Å². The first-order valence-corrected chi connectivity index (χ1v) is 6.26. The maximum absolute atomic E-state index is 11.8. The van der Waals surface area contributed by atoms with Crippen LogP contribution < -0.4 is 11.1 Å². The molecule has 0 bridgehead atoms. The van der Waals surface area contributed by atoms with Crippen LogP contribution in [0.15, 0.2) is 30.3 Å². The molecule has 0 aliphatic heterocycles. The van der Waals surface area contributed by atoms with Gasteiger partial charge >= 0.3 is 0 Å². The van der Waals surface area contributed by atoms with Gasteiger partial charge in [-0.1, -0.05) is 50.1 Å². The third-order valence-electron chi connectivity index (χ3n) is 2.73. The fourth-order valence-corrected chi connectivity index (χ4v) is 1.72. The van der Waals surface area contributed by atoms with Gasteiger partial charge in [0.2, 0.25) is 11.8 Å². The molecular weight excluding hydrogens is 228 g/mol. The van der Waals surface area contributed by atoms with E-state index < -0.39 is 11.9 Å². The Morgan fingerprint density at radius 3 is 2.50 bits per heavy atom. The molecule has 0 aliphatic rings. The van der Waals surface area contributed by atoms with Gasteiger partial charge in [0.15, 0.2) is 0 Å². The Morgan fingerprint density at radius 1 is 1.28 bits per heavy atom. The second-order valence-electron chi connectivity index (χ2n) is 4.33. The van der Waals surface area contributed by atoms with Crippen molar-refractivity contribution in [2.24, 2.45) is 5.73 Å². The van der Waals surface area contributed by atoms with Crippen LogP contribution in [0.5, 0.6) is 0 Å². The van der Waals surface area contributed by atoms with Gasteiger partial charge < -0.3 is 11.1 Å². The zero-order valence-corrected chi connectivity index (χ0v) is 10.7. The minimum atomic E-state index is -0.554. The van der Waals surface area contributed by atoms with Gasteiger partial charge in [0.05, 0.1) is 6.42 Å². The summed E-state index contributed by atoms with van der Waals surface area (Å²) in [7, 11) is 0. The molecule has 3 N–H and O–H groups in total. The molecule has 1 rings (SSSR count). The summed E-state index contributed by atoms with van der Waals surface area (Å²) in [5.74, 6) is -0.633. The molecule has 98 valence electrons. The van der Waals surface area contributed by atoms with Crippen LogP contribution in [0.1, 0.15) is 31.7 Å². The molecule has 0 radical (unpaired) electrons. The number of hydrogen-bond donors (Lipinski definition) is 2. The summed E-state index contributed by atoms with van der Waals surface area (Å²) >= 11 is 0. The Hall–Kier alpha value is -1.84. The van der Waals surface area contributed by atoms with Crippen molar-refractivity contribution >= 4 is 11.8 Å².